The first kappa shape index (κ1) is 12.2. The van der Waals surface area contributed by atoms with Crippen LogP contribution in [0.4, 0.5) is 0 Å². The van der Waals surface area contributed by atoms with Gasteiger partial charge in [-0.2, -0.15) is 0 Å². The van der Waals surface area contributed by atoms with E-state index in [4.69, 9.17) is 0 Å². The van der Waals surface area contributed by atoms with Crippen LogP contribution < -0.4 is 5.32 Å². The minimum absolute atomic E-state index is 0.0234. The average Bonchev–Trinajstić information content (AvgIpc) is 2.17. The smallest absolute Gasteiger partial charge is 0.223 e. The second-order valence-corrected chi connectivity index (χ2v) is 4.55. The molecule has 1 rings (SSSR count). The monoisotopic (exact) mass is 211 g/mol. The maximum absolute atomic E-state index is 11.6. The van der Waals surface area contributed by atoms with Crippen molar-refractivity contribution in [2.24, 2.45) is 0 Å². The molecule has 1 fully saturated rings. The van der Waals surface area contributed by atoms with Crippen LogP contribution in [0.5, 0.6) is 0 Å². The van der Waals surface area contributed by atoms with Crippen LogP contribution in [0, 0.1) is 0 Å². The molecule has 0 aliphatic heterocycles. The molecular formula is C12H21NO2. The summed E-state index contributed by atoms with van der Waals surface area (Å²) in [5, 5.41) is 12.9. The summed E-state index contributed by atoms with van der Waals surface area (Å²) in [7, 11) is 0. The van der Waals surface area contributed by atoms with Gasteiger partial charge < -0.3 is 10.4 Å². The van der Waals surface area contributed by atoms with Crippen LogP contribution >= 0.6 is 0 Å². The fourth-order valence-corrected chi connectivity index (χ4v) is 2.05. The SMILES string of the molecule is C=CC(C)NC(=O)CC1(O)CCCCC1. The largest absolute Gasteiger partial charge is 0.389 e. The van der Waals surface area contributed by atoms with Gasteiger partial charge in [0.05, 0.1) is 12.0 Å². The van der Waals surface area contributed by atoms with Crippen molar-refractivity contribution in [2.75, 3.05) is 0 Å². The third-order valence-electron chi connectivity index (χ3n) is 3.02. The summed E-state index contributed by atoms with van der Waals surface area (Å²) in [6, 6.07) is -0.0234. The molecule has 1 unspecified atom stereocenters. The van der Waals surface area contributed by atoms with E-state index in [1.54, 1.807) is 6.08 Å². The van der Waals surface area contributed by atoms with Crippen molar-refractivity contribution < 1.29 is 9.90 Å². The highest BCUT2D eigenvalue weighted by molar-refractivity contribution is 5.77. The number of amides is 1. The van der Waals surface area contributed by atoms with Crippen LogP contribution in [0.15, 0.2) is 12.7 Å². The fourth-order valence-electron chi connectivity index (χ4n) is 2.05. The highest BCUT2D eigenvalue weighted by Gasteiger charge is 2.31. The van der Waals surface area contributed by atoms with Crippen molar-refractivity contribution in [1.82, 2.24) is 5.32 Å². The van der Waals surface area contributed by atoms with E-state index < -0.39 is 5.60 Å². The van der Waals surface area contributed by atoms with Crippen LogP contribution in [-0.4, -0.2) is 22.7 Å². The van der Waals surface area contributed by atoms with Gasteiger partial charge in [0, 0.05) is 6.04 Å². The third-order valence-corrected chi connectivity index (χ3v) is 3.02. The summed E-state index contributed by atoms with van der Waals surface area (Å²) in [5.41, 5.74) is -0.761. The van der Waals surface area contributed by atoms with Gasteiger partial charge in [-0.3, -0.25) is 4.79 Å². The Morgan fingerprint density at radius 1 is 1.53 bits per heavy atom. The molecule has 0 aromatic carbocycles. The number of aliphatic hydroxyl groups is 1. The summed E-state index contributed by atoms with van der Waals surface area (Å²) in [5.74, 6) is -0.0770. The predicted molar refractivity (Wildman–Crippen MR) is 60.5 cm³/mol. The Kier molecular flexibility index (Phi) is 4.33. The molecule has 1 atom stereocenters. The summed E-state index contributed by atoms with van der Waals surface area (Å²) < 4.78 is 0. The maximum atomic E-state index is 11.6. The van der Waals surface area contributed by atoms with Gasteiger partial charge in [-0.05, 0) is 19.8 Å². The maximum Gasteiger partial charge on any atom is 0.223 e. The van der Waals surface area contributed by atoms with E-state index >= 15 is 0 Å². The normalized spacial score (nSPS) is 21.7. The molecule has 1 saturated carbocycles. The van der Waals surface area contributed by atoms with Gasteiger partial charge in [0.1, 0.15) is 0 Å². The van der Waals surface area contributed by atoms with E-state index in [0.29, 0.717) is 0 Å². The highest BCUT2D eigenvalue weighted by atomic mass is 16.3. The summed E-state index contributed by atoms with van der Waals surface area (Å²) in [4.78, 5) is 11.6. The lowest BCUT2D eigenvalue weighted by molar-refractivity contribution is -0.127. The molecule has 0 aromatic rings. The van der Waals surface area contributed by atoms with Crippen LogP contribution in [-0.2, 0) is 4.79 Å². The lowest BCUT2D eigenvalue weighted by atomic mass is 9.82. The Labute approximate surface area is 91.6 Å². The van der Waals surface area contributed by atoms with Gasteiger partial charge in [-0.25, -0.2) is 0 Å². The molecule has 15 heavy (non-hydrogen) atoms. The first-order valence-corrected chi connectivity index (χ1v) is 5.70. The van der Waals surface area contributed by atoms with Crippen LogP contribution in [0.2, 0.25) is 0 Å². The summed E-state index contributed by atoms with van der Waals surface area (Å²) in [6.45, 7) is 5.47. The molecular weight excluding hydrogens is 190 g/mol. The van der Waals surface area contributed by atoms with Crippen molar-refractivity contribution in [3.63, 3.8) is 0 Å². The summed E-state index contributed by atoms with van der Waals surface area (Å²) >= 11 is 0. The highest BCUT2D eigenvalue weighted by Crippen LogP contribution is 2.30. The number of nitrogens with one attached hydrogen (secondary N) is 1. The van der Waals surface area contributed by atoms with E-state index in [1.165, 1.54) is 6.42 Å². The number of rotatable bonds is 4. The molecule has 1 amide bonds. The second-order valence-electron chi connectivity index (χ2n) is 4.55. The lowest BCUT2D eigenvalue weighted by Crippen LogP contribution is -2.40. The van der Waals surface area contributed by atoms with Crippen molar-refractivity contribution in [1.29, 1.82) is 0 Å². The van der Waals surface area contributed by atoms with Gasteiger partial charge in [0.25, 0.3) is 0 Å². The molecule has 0 saturated heterocycles. The minimum atomic E-state index is -0.761. The topological polar surface area (TPSA) is 49.3 Å². The number of carbonyl (C=O) groups is 1. The Balaban J connectivity index is 2.38. The quantitative estimate of drug-likeness (QED) is 0.696. The van der Waals surface area contributed by atoms with E-state index in [2.05, 4.69) is 11.9 Å². The molecule has 0 radical (unpaired) electrons. The van der Waals surface area contributed by atoms with Crippen molar-refractivity contribution >= 4 is 5.91 Å². The molecule has 0 bridgehead atoms. The summed E-state index contributed by atoms with van der Waals surface area (Å²) in [6.07, 6.45) is 6.65. The van der Waals surface area contributed by atoms with Gasteiger partial charge in [-0.1, -0.05) is 25.3 Å². The lowest BCUT2D eigenvalue weighted by Gasteiger charge is -2.31. The van der Waals surface area contributed by atoms with Crippen molar-refractivity contribution in [2.45, 2.75) is 57.1 Å². The van der Waals surface area contributed by atoms with Crippen LogP contribution in [0.1, 0.15) is 45.4 Å². The number of hydrogen-bond donors (Lipinski definition) is 2. The average molecular weight is 211 g/mol. The third kappa shape index (κ3) is 4.04. The molecule has 0 aromatic heterocycles. The molecule has 1 aliphatic rings. The van der Waals surface area contributed by atoms with Gasteiger partial charge in [0.15, 0.2) is 0 Å². The number of hydrogen-bond acceptors (Lipinski definition) is 2. The first-order valence-electron chi connectivity index (χ1n) is 5.70. The molecule has 86 valence electrons. The zero-order chi connectivity index (χ0) is 11.3. The van der Waals surface area contributed by atoms with E-state index in [-0.39, 0.29) is 18.4 Å². The zero-order valence-electron chi connectivity index (χ0n) is 9.46. The predicted octanol–water partition coefficient (Wildman–Crippen LogP) is 1.76. The molecule has 3 nitrogen and oxygen atoms in total. The molecule has 1 aliphatic carbocycles. The Morgan fingerprint density at radius 2 is 2.13 bits per heavy atom. The Morgan fingerprint density at radius 3 is 2.67 bits per heavy atom. The van der Waals surface area contributed by atoms with E-state index in [0.717, 1.165) is 25.7 Å². The second kappa shape index (κ2) is 5.31. The van der Waals surface area contributed by atoms with Gasteiger partial charge in [-0.15, -0.1) is 6.58 Å². The van der Waals surface area contributed by atoms with Crippen molar-refractivity contribution in [3.8, 4) is 0 Å². The standard InChI is InChI=1S/C12H21NO2/c1-3-10(2)13-11(14)9-12(15)7-5-4-6-8-12/h3,10,15H,1,4-9H2,2H3,(H,13,14). The van der Waals surface area contributed by atoms with Crippen LogP contribution in [0.25, 0.3) is 0 Å². The molecule has 0 heterocycles. The Bertz CT molecular complexity index is 232. The van der Waals surface area contributed by atoms with E-state index in [1.807, 2.05) is 6.92 Å². The number of carbonyl (C=O) groups excluding carboxylic acids is 1. The minimum Gasteiger partial charge on any atom is -0.389 e. The molecule has 2 N–H and O–H groups in total. The molecule has 3 heteroatoms. The molecule has 0 spiro atoms. The van der Waals surface area contributed by atoms with Crippen LogP contribution in [0.3, 0.4) is 0 Å². The van der Waals surface area contributed by atoms with E-state index in [9.17, 15) is 9.90 Å². The fraction of sp³-hybridized carbons (Fsp3) is 0.750. The van der Waals surface area contributed by atoms with Gasteiger partial charge in [0.2, 0.25) is 5.91 Å². The van der Waals surface area contributed by atoms with Gasteiger partial charge >= 0.3 is 0 Å². The Hall–Kier alpha value is -0.830. The first-order chi connectivity index (χ1) is 7.06. The van der Waals surface area contributed by atoms with Crippen molar-refractivity contribution in [3.05, 3.63) is 12.7 Å². The zero-order valence-corrected chi connectivity index (χ0v) is 9.46.